The summed E-state index contributed by atoms with van der Waals surface area (Å²) < 4.78 is 40.1. The number of nitrogens with one attached hydrogen (secondary N) is 1. The van der Waals surface area contributed by atoms with Crippen LogP contribution in [0.4, 0.5) is 30.6 Å². The van der Waals surface area contributed by atoms with Gasteiger partial charge in [0, 0.05) is 23.2 Å². The summed E-state index contributed by atoms with van der Waals surface area (Å²) in [6.45, 7) is 1.96. The van der Waals surface area contributed by atoms with Crippen LogP contribution in [0.3, 0.4) is 0 Å². The van der Waals surface area contributed by atoms with Gasteiger partial charge in [0.2, 0.25) is 5.95 Å². The third-order valence-electron chi connectivity index (χ3n) is 4.43. The molecule has 0 aliphatic carbocycles. The van der Waals surface area contributed by atoms with Crippen LogP contribution < -0.4 is 11.1 Å². The van der Waals surface area contributed by atoms with Crippen molar-refractivity contribution in [2.75, 3.05) is 11.1 Å². The van der Waals surface area contributed by atoms with Gasteiger partial charge < -0.3 is 11.1 Å². The summed E-state index contributed by atoms with van der Waals surface area (Å²) in [6.07, 6.45) is -3.76. The highest BCUT2D eigenvalue weighted by molar-refractivity contribution is 6.31. The van der Waals surface area contributed by atoms with Gasteiger partial charge in [-0.05, 0) is 42.5 Å². The standard InChI is InChI=1S/C20H16ClF3N6/c1-2-17-27-14-9-12(21)5-8-15(14)30(17)18-10-16(25)28-19(29-18)26-13-6-3-11(4-7-13)20(22,23)24/h3-10H,2H2,1H3,(H3,25,26,28,29). The fourth-order valence-electron chi connectivity index (χ4n) is 3.09. The van der Waals surface area contributed by atoms with Crippen LogP contribution in [0.1, 0.15) is 18.3 Å². The molecule has 2 aromatic heterocycles. The van der Waals surface area contributed by atoms with Crippen molar-refractivity contribution in [1.82, 2.24) is 19.5 Å². The number of nitrogens with zero attached hydrogens (tertiary/aromatic N) is 4. The van der Waals surface area contributed by atoms with Gasteiger partial charge >= 0.3 is 6.18 Å². The second kappa shape index (κ2) is 7.49. The Balaban J connectivity index is 1.73. The van der Waals surface area contributed by atoms with E-state index in [1.54, 1.807) is 18.2 Å². The van der Waals surface area contributed by atoms with Gasteiger partial charge in [-0.15, -0.1) is 0 Å². The smallest absolute Gasteiger partial charge is 0.383 e. The Hall–Kier alpha value is -3.33. The van der Waals surface area contributed by atoms with Gasteiger partial charge in [-0.25, -0.2) is 4.98 Å². The van der Waals surface area contributed by atoms with E-state index in [0.717, 1.165) is 23.5 Å². The van der Waals surface area contributed by atoms with E-state index < -0.39 is 11.7 Å². The molecule has 0 fully saturated rings. The number of aryl methyl sites for hydroxylation is 1. The van der Waals surface area contributed by atoms with Crippen LogP contribution in [0, 0.1) is 0 Å². The molecular weight excluding hydrogens is 417 g/mol. The minimum atomic E-state index is -4.40. The topological polar surface area (TPSA) is 81.7 Å². The monoisotopic (exact) mass is 432 g/mol. The van der Waals surface area contributed by atoms with Crippen LogP contribution in [0.2, 0.25) is 5.02 Å². The summed E-state index contributed by atoms with van der Waals surface area (Å²) in [5, 5.41) is 3.47. The zero-order valence-corrected chi connectivity index (χ0v) is 16.5. The third-order valence-corrected chi connectivity index (χ3v) is 4.67. The largest absolute Gasteiger partial charge is 0.416 e. The summed E-state index contributed by atoms with van der Waals surface area (Å²) in [5.41, 5.74) is 7.15. The number of anilines is 3. The molecule has 0 spiro atoms. The summed E-state index contributed by atoms with van der Waals surface area (Å²) in [5.74, 6) is 1.60. The third kappa shape index (κ3) is 3.88. The molecule has 0 saturated carbocycles. The maximum Gasteiger partial charge on any atom is 0.416 e. The maximum atomic E-state index is 12.8. The Labute approximate surface area is 174 Å². The van der Waals surface area contributed by atoms with Gasteiger partial charge in [-0.1, -0.05) is 18.5 Å². The number of benzene rings is 2. The first kappa shape index (κ1) is 20.0. The zero-order valence-electron chi connectivity index (χ0n) is 15.7. The zero-order chi connectivity index (χ0) is 21.5. The number of rotatable bonds is 4. The second-order valence-corrected chi connectivity index (χ2v) is 6.96. The minimum absolute atomic E-state index is 0.155. The van der Waals surface area contributed by atoms with Crippen LogP contribution in [0.5, 0.6) is 0 Å². The molecule has 0 atom stereocenters. The molecule has 0 radical (unpaired) electrons. The highest BCUT2D eigenvalue weighted by Gasteiger charge is 2.30. The molecule has 0 aliphatic rings. The van der Waals surface area contributed by atoms with Crippen LogP contribution in [0.25, 0.3) is 16.9 Å². The van der Waals surface area contributed by atoms with E-state index in [4.69, 9.17) is 17.3 Å². The first-order valence-electron chi connectivity index (χ1n) is 9.00. The normalized spacial score (nSPS) is 11.8. The molecule has 3 N–H and O–H groups in total. The molecule has 0 aliphatic heterocycles. The van der Waals surface area contributed by atoms with Gasteiger partial charge in [0.15, 0.2) is 0 Å². The molecule has 10 heteroatoms. The molecule has 2 heterocycles. The quantitative estimate of drug-likeness (QED) is 0.452. The number of hydrogen-bond acceptors (Lipinski definition) is 5. The van der Waals surface area contributed by atoms with Crippen molar-refractivity contribution in [1.29, 1.82) is 0 Å². The number of nitrogens with two attached hydrogens (primary N) is 1. The van der Waals surface area contributed by atoms with E-state index in [1.165, 1.54) is 12.1 Å². The van der Waals surface area contributed by atoms with E-state index in [1.807, 2.05) is 17.6 Å². The van der Waals surface area contributed by atoms with E-state index in [0.29, 0.717) is 28.5 Å². The Morgan fingerprint density at radius 1 is 1.03 bits per heavy atom. The fraction of sp³-hybridized carbons (Fsp3) is 0.150. The predicted molar refractivity (Wildman–Crippen MR) is 110 cm³/mol. The Morgan fingerprint density at radius 3 is 2.43 bits per heavy atom. The summed E-state index contributed by atoms with van der Waals surface area (Å²) in [6, 6.07) is 11.5. The number of hydrogen-bond donors (Lipinski definition) is 2. The van der Waals surface area contributed by atoms with Crippen molar-refractivity contribution in [3.63, 3.8) is 0 Å². The van der Waals surface area contributed by atoms with E-state index >= 15 is 0 Å². The average molecular weight is 433 g/mol. The van der Waals surface area contributed by atoms with Crippen molar-refractivity contribution < 1.29 is 13.2 Å². The average Bonchev–Trinajstić information content (AvgIpc) is 3.05. The number of aromatic nitrogens is 4. The first-order valence-corrected chi connectivity index (χ1v) is 9.38. The molecule has 6 nitrogen and oxygen atoms in total. The lowest BCUT2D eigenvalue weighted by Crippen LogP contribution is -2.08. The molecular formula is C20H16ClF3N6. The SMILES string of the molecule is CCc1nc2cc(Cl)ccc2n1-c1cc(N)nc(Nc2ccc(C(F)(F)F)cc2)n1. The molecule has 154 valence electrons. The molecule has 4 rings (SSSR count). The van der Waals surface area contributed by atoms with E-state index in [9.17, 15) is 13.2 Å². The Morgan fingerprint density at radius 2 is 1.77 bits per heavy atom. The highest BCUT2D eigenvalue weighted by atomic mass is 35.5. The molecule has 0 unspecified atom stereocenters. The van der Waals surface area contributed by atoms with Gasteiger partial charge in [0.25, 0.3) is 0 Å². The van der Waals surface area contributed by atoms with Crippen LogP contribution in [-0.2, 0) is 12.6 Å². The summed E-state index contributed by atoms with van der Waals surface area (Å²) in [4.78, 5) is 13.2. The maximum absolute atomic E-state index is 12.8. The lowest BCUT2D eigenvalue weighted by molar-refractivity contribution is -0.137. The van der Waals surface area contributed by atoms with Crippen molar-refractivity contribution in [3.05, 3.63) is 64.9 Å². The van der Waals surface area contributed by atoms with Crippen molar-refractivity contribution >= 4 is 40.1 Å². The molecule has 4 aromatic rings. The molecule has 0 bridgehead atoms. The second-order valence-electron chi connectivity index (χ2n) is 6.52. The van der Waals surface area contributed by atoms with Crippen molar-refractivity contribution in [3.8, 4) is 5.82 Å². The Kier molecular flexibility index (Phi) is 4.98. The van der Waals surface area contributed by atoms with Gasteiger partial charge in [0.1, 0.15) is 17.5 Å². The summed E-state index contributed by atoms with van der Waals surface area (Å²) in [7, 11) is 0. The molecule has 2 aromatic carbocycles. The van der Waals surface area contributed by atoms with Gasteiger partial charge in [0.05, 0.1) is 16.6 Å². The van der Waals surface area contributed by atoms with Crippen LogP contribution in [0.15, 0.2) is 48.5 Å². The fourth-order valence-corrected chi connectivity index (χ4v) is 3.26. The number of halogens is 4. The Bertz CT molecular complexity index is 1220. The van der Waals surface area contributed by atoms with E-state index in [2.05, 4.69) is 20.3 Å². The van der Waals surface area contributed by atoms with Gasteiger partial charge in [-0.3, -0.25) is 4.57 Å². The molecule has 30 heavy (non-hydrogen) atoms. The number of nitrogen functional groups attached to an aromatic ring is 1. The van der Waals surface area contributed by atoms with Crippen LogP contribution >= 0.6 is 11.6 Å². The highest BCUT2D eigenvalue weighted by Crippen LogP contribution is 2.30. The van der Waals surface area contributed by atoms with Gasteiger partial charge in [-0.2, -0.15) is 23.1 Å². The minimum Gasteiger partial charge on any atom is -0.383 e. The summed E-state index contributed by atoms with van der Waals surface area (Å²) >= 11 is 6.07. The first-order chi connectivity index (χ1) is 14.2. The number of imidazole rings is 1. The number of alkyl halides is 3. The molecule has 0 amide bonds. The lowest BCUT2D eigenvalue weighted by atomic mass is 10.2. The van der Waals surface area contributed by atoms with Crippen LogP contribution in [-0.4, -0.2) is 19.5 Å². The van der Waals surface area contributed by atoms with Crippen molar-refractivity contribution in [2.24, 2.45) is 0 Å². The van der Waals surface area contributed by atoms with Crippen molar-refractivity contribution in [2.45, 2.75) is 19.5 Å². The lowest BCUT2D eigenvalue weighted by Gasteiger charge is -2.12. The molecule has 0 saturated heterocycles. The van der Waals surface area contributed by atoms with E-state index in [-0.39, 0.29) is 11.8 Å². The number of fused-ring (bicyclic) bond motifs is 1. The predicted octanol–water partition coefficient (Wildman–Crippen LogP) is 5.38.